The van der Waals surface area contributed by atoms with Gasteiger partial charge in [-0.05, 0) is 0 Å². The zero-order valence-corrected chi connectivity index (χ0v) is 7.04. The first kappa shape index (κ1) is 13.4. The molecule has 0 aromatic rings. The fourth-order valence-electron chi connectivity index (χ4n) is 0.991. The molecule has 1 aliphatic heterocycles. The lowest BCUT2D eigenvalue weighted by Crippen LogP contribution is -2.67. The van der Waals surface area contributed by atoms with Gasteiger partial charge in [-0.1, -0.05) is 0 Å². The standard InChI is InChI=1S/C6H3F9O/c7-1-2(16-3(1)8)4(9,10)5(11,12)6(13,14)15/h1-3H/t1-,2+,3-/m1/s1. The molecule has 0 aromatic heterocycles. The van der Waals surface area contributed by atoms with Gasteiger partial charge in [-0.25, -0.2) is 8.78 Å². The lowest BCUT2D eigenvalue weighted by atomic mass is 9.97. The average Bonchev–Trinajstić information content (AvgIpc) is 2.11. The van der Waals surface area contributed by atoms with Crippen molar-refractivity contribution in [3.63, 3.8) is 0 Å². The second-order valence-electron chi connectivity index (χ2n) is 3.05. The van der Waals surface area contributed by atoms with E-state index in [4.69, 9.17) is 0 Å². The van der Waals surface area contributed by atoms with Gasteiger partial charge in [0.15, 0.2) is 12.3 Å². The normalized spacial score (nSPS) is 32.4. The van der Waals surface area contributed by atoms with Gasteiger partial charge in [-0.3, -0.25) is 0 Å². The number of hydrogen-bond donors (Lipinski definition) is 0. The molecule has 0 spiro atoms. The number of alkyl halides is 9. The Hall–Kier alpha value is -0.670. The Morgan fingerprint density at radius 1 is 0.812 bits per heavy atom. The van der Waals surface area contributed by atoms with Crippen molar-refractivity contribution in [1.82, 2.24) is 0 Å². The van der Waals surface area contributed by atoms with Gasteiger partial charge in [-0.15, -0.1) is 0 Å². The van der Waals surface area contributed by atoms with Crippen LogP contribution in [0.4, 0.5) is 39.5 Å². The molecule has 96 valence electrons. The van der Waals surface area contributed by atoms with Gasteiger partial charge in [-0.2, -0.15) is 30.7 Å². The molecule has 1 heterocycles. The summed E-state index contributed by atoms with van der Waals surface area (Å²) in [7, 11) is 0. The smallest absolute Gasteiger partial charge is 0.332 e. The molecule has 0 amide bonds. The summed E-state index contributed by atoms with van der Waals surface area (Å²) in [6, 6.07) is 0. The Morgan fingerprint density at radius 2 is 1.25 bits per heavy atom. The molecule has 1 saturated heterocycles. The van der Waals surface area contributed by atoms with Crippen molar-refractivity contribution in [1.29, 1.82) is 0 Å². The van der Waals surface area contributed by atoms with Crippen LogP contribution in [-0.2, 0) is 4.74 Å². The molecule has 16 heavy (non-hydrogen) atoms. The maximum absolute atomic E-state index is 12.6. The van der Waals surface area contributed by atoms with Crippen LogP contribution in [0, 0.1) is 0 Å². The van der Waals surface area contributed by atoms with Gasteiger partial charge in [0, 0.05) is 0 Å². The second-order valence-corrected chi connectivity index (χ2v) is 3.05. The Kier molecular flexibility index (Phi) is 2.85. The minimum atomic E-state index is -6.58. The summed E-state index contributed by atoms with van der Waals surface area (Å²) >= 11 is 0. The first-order valence-corrected chi connectivity index (χ1v) is 3.69. The van der Waals surface area contributed by atoms with Crippen LogP contribution >= 0.6 is 0 Å². The lowest BCUT2D eigenvalue weighted by molar-refractivity contribution is -0.410. The summed E-state index contributed by atoms with van der Waals surface area (Å²) in [5, 5.41) is 0. The minimum absolute atomic E-state index is 2.92. The third-order valence-corrected chi connectivity index (χ3v) is 1.95. The Bertz CT molecular complexity index is 272. The number of halogens is 9. The van der Waals surface area contributed by atoms with Crippen molar-refractivity contribution < 1.29 is 44.3 Å². The number of hydrogen-bond acceptors (Lipinski definition) is 1. The average molecular weight is 262 g/mol. The van der Waals surface area contributed by atoms with Crippen LogP contribution in [0.5, 0.6) is 0 Å². The molecular weight excluding hydrogens is 259 g/mol. The fourth-order valence-corrected chi connectivity index (χ4v) is 0.991. The van der Waals surface area contributed by atoms with E-state index in [1.807, 2.05) is 0 Å². The highest BCUT2D eigenvalue weighted by atomic mass is 19.4. The number of rotatable bonds is 2. The van der Waals surface area contributed by atoms with Crippen molar-refractivity contribution in [2.45, 2.75) is 36.7 Å². The molecule has 0 saturated carbocycles. The molecule has 1 aliphatic rings. The van der Waals surface area contributed by atoms with E-state index in [-0.39, 0.29) is 0 Å². The molecule has 1 nitrogen and oxygen atoms in total. The largest absolute Gasteiger partial charge is 0.459 e. The van der Waals surface area contributed by atoms with Crippen molar-refractivity contribution >= 4 is 0 Å². The van der Waals surface area contributed by atoms with Crippen LogP contribution in [0.2, 0.25) is 0 Å². The summed E-state index contributed by atoms with van der Waals surface area (Å²) in [4.78, 5) is 0. The highest BCUT2D eigenvalue weighted by molar-refractivity contribution is 5.03. The van der Waals surface area contributed by atoms with Gasteiger partial charge in [0.1, 0.15) is 0 Å². The van der Waals surface area contributed by atoms with Gasteiger partial charge < -0.3 is 4.74 Å². The second kappa shape index (κ2) is 3.41. The highest BCUT2D eigenvalue weighted by Crippen LogP contribution is 2.52. The van der Waals surface area contributed by atoms with E-state index >= 15 is 0 Å². The maximum Gasteiger partial charge on any atom is 0.459 e. The first-order valence-electron chi connectivity index (χ1n) is 3.69. The Labute approximate surface area is 82.2 Å². The van der Waals surface area contributed by atoms with Gasteiger partial charge in [0.05, 0.1) is 0 Å². The molecule has 0 aromatic carbocycles. The molecule has 0 aliphatic carbocycles. The summed E-state index contributed by atoms with van der Waals surface area (Å²) in [6.07, 6.45) is -16.2. The van der Waals surface area contributed by atoms with Crippen LogP contribution < -0.4 is 0 Å². The zero-order valence-electron chi connectivity index (χ0n) is 7.04. The molecule has 0 radical (unpaired) electrons. The molecule has 0 unspecified atom stereocenters. The van der Waals surface area contributed by atoms with Crippen molar-refractivity contribution in [3.8, 4) is 0 Å². The van der Waals surface area contributed by atoms with E-state index < -0.39 is 36.7 Å². The topological polar surface area (TPSA) is 9.23 Å². The van der Waals surface area contributed by atoms with Crippen LogP contribution in [-0.4, -0.2) is 36.7 Å². The third kappa shape index (κ3) is 1.62. The van der Waals surface area contributed by atoms with E-state index in [2.05, 4.69) is 4.74 Å². The molecule has 3 atom stereocenters. The monoisotopic (exact) mass is 262 g/mol. The van der Waals surface area contributed by atoms with E-state index in [1.165, 1.54) is 0 Å². The minimum Gasteiger partial charge on any atom is -0.332 e. The lowest BCUT2D eigenvalue weighted by Gasteiger charge is -2.42. The van der Waals surface area contributed by atoms with Crippen LogP contribution in [0.1, 0.15) is 0 Å². The third-order valence-electron chi connectivity index (χ3n) is 1.95. The van der Waals surface area contributed by atoms with Crippen molar-refractivity contribution in [2.24, 2.45) is 0 Å². The molecular formula is C6H3F9O. The molecule has 10 heteroatoms. The summed E-state index contributed by atoms with van der Waals surface area (Å²) < 4.78 is 112. The fraction of sp³-hybridized carbons (Fsp3) is 1.00. The summed E-state index contributed by atoms with van der Waals surface area (Å²) in [6.45, 7) is 0. The molecule has 1 rings (SSSR count). The Balaban J connectivity index is 2.94. The van der Waals surface area contributed by atoms with Gasteiger partial charge >= 0.3 is 18.0 Å². The van der Waals surface area contributed by atoms with Gasteiger partial charge in [0.25, 0.3) is 0 Å². The van der Waals surface area contributed by atoms with Crippen LogP contribution in [0.15, 0.2) is 0 Å². The van der Waals surface area contributed by atoms with Crippen molar-refractivity contribution in [3.05, 3.63) is 0 Å². The van der Waals surface area contributed by atoms with E-state index in [0.29, 0.717) is 0 Å². The van der Waals surface area contributed by atoms with Crippen LogP contribution in [0.25, 0.3) is 0 Å². The first-order chi connectivity index (χ1) is 6.93. The van der Waals surface area contributed by atoms with Crippen LogP contribution in [0.3, 0.4) is 0 Å². The zero-order chi connectivity index (χ0) is 12.9. The van der Waals surface area contributed by atoms with E-state index in [0.717, 1.165) is 0 Å². The van der Waals surface area contributed by atoms with Gasteiger partial charge in [0.2, 0.25) is 6.36 Å². The number of ether oxygens (including phenoxy) is 1. The summed E-state index contributed by atoms with van der Waals surface area (Å²) in [5.74, 6) is -12.4. The predicted octanol–water partition coefficient (Wildman–Crippen LogP) is 2.85. The molecule has 0 N–H and O–H groups in total. The molecule has 1 fully saturated rings. The predicted molar refractivity (Wildman–Crippen MR) is 30.6 cm³/mol. The van der Waals surface area contributed by atoms with E-state index in [1.54, 1.807) is 0 Å². The summed E-state index contributed by atoms with van der Waals surface area (Å²) in [5.41, 5.74) is 0. The molecule has 0 bridgehead atoms. The quantitative estimate of drug-likeness (QED) is 0.695. The maximum atomic E-state index is 12.6. The highest BCUT2D eigenvalue weighted by Gasteiger charge is 2.79. The van der Waals surface area contributed by atoms with Crippen molar-refractivity contribution in [2.75, 3.05) is 0 Å². The van der Waals surface area contributed by atoms with E-state index in [9.17, 15) is 39.5 Å². The Morgan fingerprint density at radius 3 is 1.50 bits per heavy atom. The SMILES string of the molecule is F[C@H]1[C@H](F)O[C@@H]1C(F)(F)C(F)(F)C(F)(F)F.